The van der Waals surface area contributed by atoms with Gasteiger partial charge in [-0.15, -0.1) is 0 Å². The third kappa shape index (κ3) is 3.56. The van der Waals surface area contributed by atoms with Crippen molar-refractivity contribution in [1.82, 2.24) is 5.32 Å². The molecule has 2 bridgehead atoms. The summed E-state index contributed by atoms with van der Waals surface area (Å²) < 4.78 is 0. The summed E-state index contributed by atoms with van der Waals surface area (Å²) in [4.78, 5) is 13.0. The molecule has 1 heterocycles. The van der Waals surface area contributed by atoms with Gasteiger partial charge in [0.2, 0.25) is 0 Å². The molecule has 4 aliphatic rings. The molecular weight excluding hydrogens is 392 g/mol. The Balaban J connectivity index is 1.23. The number of fused-ring (bicyclic) bond motifs is 7. The van der Waals surface area contributed by atoms with Crippen LogP contribution in [0.2, 0.25) is 0 Å². The number of hydrogen-bond donors (Lipinski definition) is 2. The van der Waals surface area contributed by atoms with Gasteiger partial charge in [-0.05, 0) is 104 Å². The minimum Gasteiger partial charge on any atom is -0.378 e. The minimum atomic E-state index is 0.0779. The number of nitrogens with one attached hydrogen (secondary N) is 2. The molecule has 2 aromatic carbocycles. The van der Waals surface area contributed by atoms with Crippen LogP contribution in [0.3, 0.4) is 0 Å². The van der Waals surface area contributed by atoms with Crippen LogP contribution in [-0.4, -0.2) is 12.5 Å². The van der Waals surface area contributed by atoms with Crippen molar-refractivity contribution in [2.24, 2.45) is 17.8 Å². The van der Waals surface area contributed by atoms with Crippen molar-refractivity contribution in [2.45, 2.75) is 63.3 Å². The maximum absolute atomic E-state index is 13.0. The van der Waals surface area contributed by atoms with E-state index in [2.05, 4.69) is 59.2 Å². The van der Waals surface area contributed by atoms with Crippen LogP contribution in [-0.2, 0) is 0 Å². The Bertz CT molecular complexity index is 1030. The van der Waals surface area contributed by atoms with E-state index in [-0.39, 0.29) is 5.91 Å². The third-order valence-corrected chi connectivity index (χ3v) is 8.62. The SMILES string of the molecule is O=C(NCCC1=CCCCC1)c1ccc2c(c1)[C@@H]1[C@H]3CC[C@@H](C3)[C@H]1[C@H](c1ccccc1)N2. The van der Waals surface area contributed by atoms with Gasteiger partial charge in [0.15, 0.2) is 0 Å². The Morgan fingerprint density at radius 2 is 1.91 bits per heavy atom. The van der Waals surface area contributed by atoms with E-state index < -0.39 is 0 Å². The molecule has 2 N–H and O–H groups in total. The molecule has 3 heteroatoms. The summed E-state index contributed by atoms with van der Waals surface area (Å²) >= 11 is 0. The average Bonchev–Trinajstić information content (AvgIpc) is 3.47. The number of carbonyl (C=O) groups is 1. The second-order valence-corrected chi connectivity index (χ2v) is 10.4. The van der Waals surface area contributed by atoms with Crippen LogP contribution in [0, 0.1) is 17.8 Å². The summed E-state index contributed by atoms with van der Waals surface area (Å²) in [5, 5.41) is 7.06. The fourth-order valence-electron chi connectivity index (χ4n) is 7.19. The van der Waals surface area contributed by atoms with Crippen LogP contribution in [0.1, 0.15) is 84.8 Å². The molecule has 3 aliphatic carbocycles. The molecule has 32 heavy (non-hydrogen) atoms. The number of hydrogen-bond acceptors (Lipinski definition) is 2. The highest BCUT2D eigenvalue weighted by Crippen LogP contribution is 2.63. The number of benzene rings is 2. The second kappa shape index (κ2) is 8.42. The molecule has 0 radical (unpaired) electrons. The molecule has 2 fully saturated rings. The van der Waals surface area contributed by atoms with Crippen LogP contribution in [0.15, 0.2) is 60.2 Å². The standard InChI is InChI=1S/C29H34N2O/c32-29(30-16-15-19-7-3-1-4-8-19)23-13-14-25-24(18-23)26-21-11-12-22(17-21)27(26)28(31-25)20-9-5-2-6-10-20/h2,5-7,9-10,13-14,18,21-22,26-28,31H,1,3-4,8,11-12,15-17H2,(H,30,32)/t21-,22-,26-,27+,28-/m0/s1. The Labute approximate surface area is 191 Å². The van der Waals surface area contributed by atoms with Crippen LogP contribution in [0.25, 0.3) is 0 Å². The first kappa shape index (κ1) is 20.1. The van der Waals surface area contributed by atoms with Gasteiger partial charge >= 0.3 is 0 Å². The van der Waals surface area contributed by atoms with Crippen molar-refractivity contribution in [3.05, 3.63) is 76.9 Å². The van der Waals surface area contributed by atoms with E-state index >= 15 is 0 Å². The van der Waals surface area contributed by atoms with Gasteiger partial charge in [0.1, 0.15) is 0 Å². The van der Waals surface area contributed by atoms with Crippen LogP contribution in [0.4, 0.5) is 5.69 Å². The minimum absolute atomic E-state index is 0.0779. The molecular formula is C29H34N2O. The first-order chi connectivity index (χ1) is 15.8. The van der Waals surface area contributed by atoms with E-state index in [0.29, 0.717) is 17.9 Å². The molecule has 2 aromatic rings. The zero-order chi connectivity index (χ0) is 21.5. The van der Waals surface area contributed by atoms with Crippen molar-refractivity contribution in [3.63, 3.8) is 0 Å². The average molecular weight is 427 g/mol. The molecule has 166 valence electrons. The van der Waals surface area contributed by atoms with Crippen LogP contribution in [0.5, 0.6) is 0 Å². The Kier molecular flexibility index (Phi) is 5.29. The van der Waals surface area contributed by atoms with E-state index in [9.17, 15) is 4.79 Å². The molecule has 0 saturated heterocycles. The normalized spacial score (nSPS) is 30.1. The largest absolute Gasteiger partial charge is 0.378 e. The molecule has 6 rings (SSSR count). The highest BCUT2D eigenvalue weighted by Gasteiger charge is 2.53. The zero-order valence-corrected chi connectivity index (χ0v) is 18.9. The lowest BCUT2D eigenvalue weighted by atomic mass is 9.68. The molecule has 2 saturated carbocycles. The summed E-state index contributed by atoms with van der Waals surface area (Å²) in [5.74, 6) is 2.87. The maximum atomic E-state index is 13.0. The molecule has 0 spiro atoms. The number of amides is 1. The van der Waals surface area contributed by atoms with Gasteiger partial charge in [-0.1, -0.05) is 42.0 Å². The van der Waals surface area contributed by atoms with E-state index in [1.165, 1.54) is 67.3 Å². The first-order valence-corrected chi connectivity index (χ1v) is 12.7. The Hall–Kier alpha value is -2.55. The smallest absolute Gasteiger partial charge is 0.251 e. The van der Waals surface area contributed by atoms with Crippen molar-refractivity contribution >= 4 is 11.6 Å². The van der Waals surface area contributed by atoms with Crippen molar-refractivity contribution in [3.8, 4) is 0 Å². The van der Waals surface area contributed by atoms with Gasteiger partial charge in [0, 0.05) is 17.8 Å². The van der Waals surface area contributed by atoms with Gasteiger partial charge in [-0.2, -0.15) is 0 Å². The monoisotopic (exact) mass is 426 g/mol. The van der Waals surface area contributed by atoms with Gasteiger partial charge in [-0.25, -0.2) is 0 Å². The first-order valence-electron chi connectivity index (χ1n) is 12.7. The maximum Gasteiger partial charge on any atom is 0.251 e. The quantitative estimate of drug-likeness (QED) is 0.529. The van der Waals surface area contributed by atoms with Gasteiger partial charge in [0.05, 0.1) is 6.04 Å². The second-order valence-electron chi connectivity index (χ2n) is 10.4. The van der Waals surface area contributed by atoms with E-state index in [0.717, 1.165) is 30.4 Å². The fourth-order valence-corrected chi connectivity index (χ4v) is 7.19. The predicted molar refractivity (Wildman–Crippen MR) is 130 cm³/mol. The highest BCUT2D eigenvalue weighted by molar-refractivity contribution is 5.95. The zero-order valence-electron chi connectivity index (χ0n) is 18.9. The summed E-state index contributed by atoms with van der Waals surface area (Å²) in [5.41, 5.74) is 6.36. The lowest BCUT2D eigenvalue weighted by Crippen LogP contribution is -2.35. The predicted octanol–water partition coefficient (Wildman–Crippen LogP) is 6.60. The Morgan fingerprint density at radius 1 is 1.03 bits per heavy atom. The van der Waals surface area contributed by atoms with Crippen molar-refractivity contribution in [2.75, 3.05) is 11.9 Å². The van der Waals surface area contributed by atoms with Gasteiger partial charge < -0.3 is 10.6 Å². The third-order valence-electron chi connectivity index (χ3n) is 8.62. The van der Waals surface area contributed by atoms with Gasteiger partial charge in [-0.3, -0.25) is 4.79 Å². The van der Waals surface area contributed by atoms with Crippen molar-refractivity contribution < 1.29 is 4.79 Å². The van der Waals surface area contributed by atoms with Gasteiger partial charge in [0.25, 0.3) is 5.91 Å². The fraction of sp³-hybridized carbons (Fsp3) is 0.483. The topological polar surface area (TPSA) is 41.1 Å². The number of carbonyl (C=O) groups excluding carboxylic acids is 1. The summed E-state index contributed by atoms with van der Waals surface area (Å²) in [6, 6.07) is 17.7. The highest BCUT2D eigenvalue weighted by atomic mass is 16.1. The van der Waals surface area contributed by atoms with E-state index in [4.69, 9.17) is 0 Å². The lowest BCUT2D eigenvalue weighted by Gasteiger charge is -2.43. The van der Waals surface area contributed by atoms with E-state index in [1.54, 1.807) is 0 Å². The number of rotatable bonds is 5. The molecule has 1 amide bonds. The summed E-state index contributed by atoms with van der Waals surface area (Å²) in [6.07, 6.45) is 12.4. The number of anilines is 1. The van der Waals surface area contributed by atoms with Crippen molar-refractivity contribution in [1.29, 1.82) is 0 Å². The van der Waals surface area contributed by atoms with Crippen LogP contribution < -0.4 is 10.6 Å². The molecule has 3 nitrogen and oxygen atoms in total. The summed E-state index contributed by atoms with van der Waals surface area (Å²) in [7, 11) is 0. The molecule has 5 atom stereocenters. The molecule has 0 unspecified atom stereocenters. The Morgan fingerprint density at radius 3 is 2.75 bits per heavy atom. The molecule has 0 aromatic heterocycles. The van der Waals surface area contributed by atoms with Crippen LogP contribution >= 0.6 is 0 Å². The lowest BCUT2D eigenvalue weighted by molar-refractivity contribution is 0.0953. The van der Waals surface area contributed by atoms with E-state index in [1.807, 2.05) is 6.07 Å². The number of allylic oxidation sites excluding steroid dienone is 1. The summed E-state index contributed by atoms with van der Waals surface area (Å²) in [6.45, 7) is 0.743. The molecule has 1 aliphatic heterocycles.